The minimum absolute atomic E-state index is 0.314. The van der Waals surface area contributed by atoms with E-state index in [4.69, 9.17) is 9.84 Å². The topological polar surface area (TPSA) is 75.6 Å². The summed E-state index contributed by atoms with van der Waals surface area (Å²) in [7, 11) is 0. The van der Waals surface area contributed by atoms with Gasteiger partial charge in [0.1, 0.15) is 5.75 Å². The van der Waals surface area contributed by atoms with Gasteiger partial charge >= 0.3 is 5.97 Å². The molecule has 0 bridgehead atoms. The molecule has 5 nitrogen and oxygen atoms in total. The standard InChI is InChI=1S/C16H23NO4/c1-10(2)9-21-14-7-5-6-13(8-14)17-15(18)11(3)12(4)16(19)20/h5-8,10-12H,9H2,1-4H3,(H,17,18)(H,19,20). The molecule has 0 spiro atoms. The molecule has 0 saturated heterocycles. The largest absolute Gasteiger partial charge is 0.493 e. The van der Waals surface area contributed by atoms with E-state index in [0.29, 0.717) is 24.0 Å². The number of carboxylic acids is 1. The second kappa shape index (κ2) is 7.67. The molecule has 0 aliphatic heterocycles. The third-order valence-corrected chi connectivity index (χ3v) is 3.24. The molecule has 0 aromatic heterocycles. The molecule has 0 aliphatic carbocycles. The Labute approximate surface area is 125 Å². The van der Waals surface area contributed by atoms with E-state index in [9.17, 15) is 9.59 Å². The predicted molar refractivity (Wildman–Crippen MR) is 81.4 cm³/mol. The van der Waals surface area contributed by atoms with Crippen LogP contribution in [-0.2, 0) is 9.59 Å². The van der Waals surface area contributed by atoms with E-state index < -0.39 is 17.8 Å². The van der Waals surface area contributed by atoms with E-state index in [-0.39, 0.29) is 5.91 Å². The van der Waals surface area contributed by atoms with Crippen LogP contribution < -0.4 is 10.1 Å². The van der Waals surface area contributed by atoms with Crippen LogP contribution in [0.1, 0.15) is 27.7 Å². The maximum absolute atomic E-state index is 12.0. The molecule has 21 heavy (non-hydrogen) atoms. The third-order valence-electron chi connectivity index (χ3n) is 3.24. The first-order chi connectivity index (χ1) is 9.81. The number of benzene rings is 1. The lowest BCUT2D eigenvalue weighted by Gasteiger charge is -2.16. The SMILES string of the molecule is CC(C)COc1cccc(NC(=O)C(C)C(C)C(=O)O)c1. The lowest BCUT2D eigenvalue weighted by atomic mass is 9.95. The molecule has 0 fully saturated rings. The Hall–Kier alpha value is -2.04. The predicted octanol–water partition coefficient (Wildman–Crippen LogP) is 3.02. The van der Waals surface area contributed by atoms with E-state index >= 15 is 0 Å². The number of carboxylic acid groups (broad SMARTS) is 1. The van der Waals surface area contributed by atoms with Crippen LogP contribution in [0.15, 0.2) is 24.3 Å². The fourth-order valence-corrected chi connectivity index (χ4v) is 1.62. The summed E-state index contributed by atoms with van der Waals surface area (Å²) in [6, 6.07) is 7.09. The number of ether oxygens (including phenoxy) is 1. The zero-order valence-electron chi connectivity index (χ0n) is 12.9. The Morgan fingerprint density at radius 2 is 1.86 bits per heavy atom. The van der Waals surface area contributed by atoms with Gasteiger partial charge in [-0.05, 0) is 18.1 Å². The number of hydrogen-bond acceptors (Lipinski definition) is 3. The fraction of sp³-hybridized carbons (Fsp3) is 0.500. The molecule has 2 N–H and O–H groups in total. The first kappa shape index (κ1) is 17.0. The number of carbonyl (C=O) groups excluding carboxylic acids is 1. The third kappa shape index (κ3) is 5.45. The zero-order chi connectivity index (χ0) is 16.0. The van der Waals surface area contributed by atoms with Gasteiger partial charge in [0.15, 0.2) is 0 Å². The fourth-order valence-electron chi connectivity index (χ4n) is 1.62. The van der Waals surface area contributed by atoms with Gasteiger partial charge in [0.25, 0.3) is 0 Å². The molecule has 0 heterocycles. The quantitative estimate of drug-likeness (QED) is 0.810. The van der Waals surface area contributed by atoms with Crippen LogP contribution in [0.25, 0.3) is 0 Å². The second-order valence-electron chi connectivity index (χ2n) is 5.64. The van der Waals surface area contributed by atoms with Crippen LogP contribution in [0.3, 0.4) is 0 Å². The van der Waals surface area contributed by atoms with Crippen molar-refractivity contribution in [2.45, 2.75) is 27.7 Å². The van der Waals surface area contributed by atoms with E-state index in [0.717, 1.165) is 0 Å². The van der Waals surface area contributed by atoms with Crippen LogP contribution in [0, 0.1) is 17.8 Å². The first-order valence-corrected chi connectivity index (χ1v) is 7.07. The molecule has 5 heteroatoms. The summed E-state index contributed by atoms with van der Waals surface area (Å²) in [6.45, 7) is 7.84. The Morgan fingerprint density at radius 3 is 2.43 bits per heavy atom. The number of rotatable bonds is 7. The van der Waals surface area contributed by atoms with Crippen LogP contribution in [0.2, 0.25) is 0 Å². The number of amides is 1. The first-order valence-electron chi connectivity index (χ1n) is 7.07. The molecule has 1 aromatic rings. The summed E-state index contributed by atoms with van der Waals surface area (Å²) in [4.78, 5) is 22.9. The van der Waals surface area contributed by atoms with Crippen molar-refractivity contribution < 1.29 is 19.4 Å². The van der Waals surface area contributed by atoms with Gasteiger partial charge in [-0.1, -0.05) is 33.8 Å². The molecule has 2 atom stereocenters. The maximum Gasteiger partial charge on any atom is 0.307 e. The van der Waals surface area contributed by atoms with E-state index in [2.05, 4.69) is 19.2 Å². The van der Waals surface area contributed by atoms with Crippen molar-refractivity contribution in [3.8, 4) is 5.75 Å². The van der Waals surface area contributed by atoms with Crippen molar-refractivity contribution in [1.29, 1.82) is 0 Å². The molecular weight excluding hydrogens is 270 g/mol. The van der Waals surface area contributed by atoms with Gasteiger partial charge in [0, 0.05) is 17.7 Å². The zero-order valence-corrected chi connectivity index (χ0v) is 12.9. The highest BCUT2D eigenvalue weighted by molar-refractivity contribution is 5.94. The minimum atomic E-state index is -0.980. The van der Waals surface area contributed by atoms with E-state index in [1.54, 1.807) is 25.1 Å². The average Bonchev–Trinajstić information content (AvgIpc) is 2.43. The summed E-state index contributed by atoms with van der Waals surface area (Å²) in [6.07, 6.45) is 0. The Bertz CT molecular complexity index is 499. The summed E-state index contributed by atoms with van der Waals surface area (Å²) in [5.74, 6) is -1.54. The summed E-state index contributed by atoms with van der Waals surface area (Å²) in [5, 5.41) is 11.7. The normalized spacial score (nSPS) is 13.6. The summed E-state index contributed by atoms with van der Waals surface area (Å²) in [5.41, 5.74) is 0.602. The molecule has 1 rings (SSSR count). The molecule has 0 radical (unpaired) electrons. The van der Waals surface area contributed by atoms with Crippen LogP contribution in [0.4, 0.5) is 5.69 Å². The van der Waals surface area contributed by atoms with E-state index in [1.165, 1.54) is 6.92 Å². The molecule has 0 aliphatic rings. The minimum Gasteiger partial charge on any atom is -0.493 e. The smallest absolute Gasteiger partial charge is 0.307 e. The number of carbonyl (C=O) groups is 2. The van der Waals surface area contributed by atoms with Crippen molar-refractivity contribution in [3.63, 3.8) is 0 Å². The number of anilines is 1. The molecule has 2 unspecified atom stereocenters. The Kier molecular flexibility index (Phi) is 6.21. The lowest BCUT2D eigenvalue weighted by molar-refractivity contribution is -0.145. The summed E-state index contributed by atoms with van der Waals surface area (Å²) < 4.78 is 5.59. The van der Waals surface area contributed by atoms with Crippen molar-refractivity contribution in [3.05, 3.63) is 24.3 Å². The Morgan fingerprint density at radius 1 is 1.19 bits per heavy atom. The van der Waals surface area contributed by atoms with Gasteiger partial charge in [-0.25, -0.2) is 0 Å². The van der Waals surface area contributed by atoms with Crippen LogP contribution >= 0.6 is 0 Å². The van der Waals surface area contributed by atoms with Crippen molar-refractivity contribution in [1.82, 2.24) is 0 Å². The van der Waals surface area contributed by atoms with Gasteiger partial charge < -0.3 is 15.2 Å². The average molecular weight is 293 g/mol. The molecule has 116 valence electrons. The molecular formula is C16H23NO4. The highest BCUT2D eigenvalue weighted by atomic mass is 16.5. The number of hydrogen-bond donors (Lipinski definition) is 2. The van der Waals surface area contributed by atoms with Crippen molar-refractivity contribution in [2.75, 3.05) is 11.9 Å². The van der Waals surface area contributed by atoms with Crippen molar-refractivity contribution in [2.24, 2.45) is 17.8 Å². The van der Waals surface area contributed by atoms with Gasteiger partial charge in [-0.15, -0.1) is 0 Å². The maximum atomic E-state index is 12.0. The van der Waals surface area contributed by atoms with Crippen molar-refractivity contribution >= 4 is 17.6 Å². The van der Waals surface area contributed by atoms with Crippen LogP contribution in [-0.4, -0.2) is 23.6 Å². The highest BCUT2D eigenvalue weighted by Gasteiger charge is 2.25. The van der Waals surface area contributed by atoms with Crippen LogP contribution in [0.5, 0.6) is 5.75 Å². The van der Waals surface area contributed by atoms with E-state index in [1.807, 2.05) is 6.07 Å². The molecule has 1 amide bonds. The van der Waals surface area contributed by atoms with Gasteiger partial charge in [0.2, 0.25) is 5.91 Å². The number of nitrogens with one attached hydrogen (secondary N) is 1. The Balaban J connectivity index is 2.68. The highest BCUT2D eigenvalue weighted by Crippen LogP contribution is 2.20. The molecule has 0 saturated carbocycles. The monoisotopic (exact) mass is 293 g/mol. The van der Waals surface area contributed by atoms with Gasteiger partial charge in [-0.3, -0.25) is 9.59 Å². The number of aliphatic carboxylic acids is 1. The van der Waals surface area contributed by atoms with Gasteiger partial charge in [-0.2, -0.15) is 0 Å². The lowest BCUT2D eigenvalue weighted by Crippen LogP contribution is -2.29. The second-order valence-corrected chi connectivity index (χ2v) is 5.64. The van der Waals surface area contributed by atoms with Gasteiger partial charge in [0.05, 0.1) is 12.5 Å². The molecule has 1 aromatic carbocycles. The summed E-state index contributed by atoms with van der Waals surface area (Å²) >= 11 is 0.